The van der Waals surface area contributed by atoms with Crippen molar-refractivity contribution in [3.05, 3.63) is 157 Å². The molecule has 0 fully saturated rings. The molecule has 0 aromatic heterocycles. The van der Waals surface area contributed by atoms with E-state index in [0.717, 1.165) is 23.6 Å². The molecular formula is C43H29NO. The van der Waals surface area contributed by atoms with Gasteiger partial charge in [-0.1, -0.05) is 121 Å². The molecule has 0 bridgehead atoms. The molecule has 1 aliphatic heterocycles. The maximum Gasteiger partial charge on any atom is 0.216 e. The van der Waals surface area contributed by atoms with E-state index in [0.29, 0.717) is 6.61 Å². The summed E-state index contributed by atoms with van der Waals surface area (Å²) in [5, 5.41) is 9.99. The van der Waals surface area contributed by atoms with Crippen LogP contribution in [0.15, 0.2) is 157 Å². The van der Waals surface area contributed by atoms with E-state index in [9.17, 15) is 0 Å². The first-order valence-electron chi connectivity index (χ1n) is 15.6. The standard InChI is InChI=1S/C43H29NO/c1-3-10-30-24-34(18-16-28(30)8-1)41-37-14-5-6-15-38(37)42(35-19-17-29-9-2-4-11-31(29)25-35)40-27-33(20-21-39(40)41)32-12-7-13-36(26-32)43-44-22-23-45-43/h1-21,24-27H,22-23H2. The molecule has 212 valence electrons. The van der Waals surface area contributed by atoms with Crippen molar-refractivity contribution in [1.29, 1.82) is 0 Å². The number of aliphatic imine (C=N–C) groups is 1. The van der Waals surface area contributed by atoms with Crippen molar-refractivity contribution in [3.63, 3.8) is 0 Å². The van der Waals surface area contributed by atoms with Crippen LogP contribution >= 0.6 is 0 Å². The maximum atomic E-state index is 5.81. The monoisotopic (exact) mass is 575 g/mol. The smallest absolute Gasteiger partial charge is 0.216 e. The van der Waals surface area contributed by atoms with Crippen LogP contribution in [0, 0.1) is 0 Å². The molecule has 1 aliphatic rings. The predicted octanol–water partition coefficient (Wildman–Crippen LogP) is 11.1. The topological polar surface area (TPSA) is 21.6 Å². The van der Waals surface area contributed by atoms with Crippen LogP contribution in [0.1, 0.15) is 5.56 Å². The Hall–Kier alpha value is -5.73. The van der Waals surface area contributed by atoms with Gasteiger partial charge in [-0.3, -0.25) is 0 Å². The van der Waals surface area contributed by atoms with E-state index in [1.54, 1.807) is 0 Å². The Morgan fingerprint density at radius 1 is 0.378 bits per heavy atom. The second-order valence-electron chi connectivity index (χ2n) is 11.8. The second kappa shape index (κ2) is 10.5. The number of benzene rings is 8. The zero-order valence-electron chi connectivity index (χ0n) is 24.7. The Balaban J connectivity index is 1.36. The van der Waals surface area contributed by atoms with E-state index in [2.05, 4.69) is 157 Å². The molecule has 45 heavy (non-hydrogen) atoms. The Morgan fingerprint density at radius 3 is 1.56 bits per heavy atom. The van der Waals surface area contributed by atoms with E-state index in [4.69, 9.17) is 4.74 Å². The molecule has 0 spiro atoms. The van der Waals surface area contributed by atoms with Gasteiger partial charge in [0.05, 0.1) is 6.54 Å². The Labute approximate surface area is 261 Å². The van der Waals surface area contributed by atoms with Crippen molar-refractivity contribution in [2.75, 3.05) is 13.2 Å². The van der Waals surface area contributed by atoms with Gasteiger partial charge in [0.25, 0.3) is 0 Å². The van der Waals surface area contributed by atoms with Gasteiger partial charge in [-0.15, -0.1) is 0 Å². The molecule has 0 aliphatic carbocycles. The molecule has 0 saturated carbocycles. The fourth-order valence-electron chi connectivity index (χ4n) is 7.01. The van der Waals surface area contributed by atoms with Crippen LogP contribution in [0.25, 0.3) is 76.5 Å². The minimum atomic E-state index is 0.648. The van der Waals surface area contributed by atoms with Crippen LogP contribution in [0.5, 0.6) is 0 Å². The van der Waals surface area contributed by atoms with Gasteiger partial charge in [0.15, 0.2) is 0 Å². The number of hydrogen-bond donors (Lipinski definition) is 0. The summed E-state index contributed by atoms with van der Waals surface area (Å²) in [4.78, 5) is 4.56. The summed E-state index contributed by atoms with van der Waals surface area (Å²) < 4.78 is 5.81. The lowest BCUT2D eigenvalue weighted by Gasteiger charge is -2.19. The molecule has 0 atom stereocenters. The molecule has 0 radical (unpaired) electrons. The van der Waals surface area contributed by atoms with Crippen molar-refractivity contribution in [1.82, 2.24) is 0 Å². The number of hydrogen-bond acceptors (Lipinski definition) is 2. The zero-order valence-corrected chi connectivity index (χ0v) is 24.7. The molecule has 0 saturated heterocycles. The van der Waals surface area contributed by atoms with Crippen LogP contribution in [0.2, 0.25) is 0 Å². The van der Waals surface area contributed by atoms with E-state index in [1.807, 2.05) is 0 Å². The summed E-state index contributed by atoms with van der Waals surface area (Å²) in [7, 11) is 0. The lowest BCUT2D eigenvalue weighted by Crippen LogP contribution is -2.00. The van der Waals surface area contributed by atoms with Crippen LogP contribution < -0.4 is 0 Å². The summed E-state index contributed by atoms with van der Waals surface area (Å²) in [5.41, 5.74) is 8.32. The normalized spacial score (nSPS) is 13.0. The Morgan fingerprint density at radius 2 is 0.911 bits per heavy atom. The lowest BCUT2D eigenvalue weighted by atomic mass is 9.84. The quantitative estimate of drug-likeness (QED) is 0.191. The highest BCUT2D eigenvalue weighted by Gasteiger charge is 2.19. The third kappa shape index (κ3) is 4.38. The molecule has 8 aromatic carbocycles. The van der Waals surface area contributed by atoms with E-state index in [-0.39, 0.29) is 0 Å². The SMILES string of the molecule is c1cc(C2=NCCO2)cc(-c2ccc3c(-c4ccc5ccccc5c4)c4ccccc4c(-c4ccc5ccccc5c4)c3c2)c1. The van der Waals surface area contributed by atoms with E-state index in [1.165, 1.54) is 70.9 Å². The highest BCUT2D eigenvalue weighted by Crippen LogP contribution is 2.45. The first-order valence-corrected chi connectivity index (χ1v) is 15.6. The van der Waals surface area contributed by atoms with Gasteiger partial charge in [-0.2, -0.15) is 0 Å². The van der Waals surface area contributed by atoms with E-state index < -0.39 is 0 Å². The molecule has 9 rings (SSSR count). The van der Waals surface area contributed by atoms with Crippen molar-refractivity contribution < 1.29 is 4.74 Å². The molecule has 2 nitrogen and oxygen atoms in total. The summed E-state index contributed by atoms with van der Waals surface area (Å²) in [5.74, 6) is 0.735. The van der Waals surface area contributed by atoms with Crippen molar-refractivity contribution >= 4 is 49.0 Å². The molecule has 8 aromatic rings. The van der Waals surface area contributed by atoms with Crippen LogP contribution in [0.3, 0.4) is 0 Å². The highest BCUT2D eigenvalue weighted by atomic mass is 16.5. The summed E-state index contributed by atoms with van der Waals surface area (Å²) in [6.07, 6.45) is 0. The van der Waals surface area contributed by atoms with Gasteiger partial charge in [0.2, 0.25) is 5.90 Å². The van der Waals surface area contributed by atoms with Crippen LogP contribution in [-0.2, 0) is 4.74 Å². The number of ether oxygens (including phenoxy) is 1. The molecule has 0 N–H and O–H groups in total. The average Bonchev–Trinajstić information content (AvgIpc) is 3.65. The molecule has 0 amide bonds. The minimum absolute atomic E-state index is 0.648. The predicted molar refractivity (Wildman–Crippen MR) is 190 cm³/mol. The van der Waals surface area contributed by atoms with Crippen LogP contribution in [-0.4, -0.2) is 19.0 Å². The van der Waals surface area contributed by atoms with E-state index >= 15 is 0 Å². The van der Waals surface area contributed by atoms with Crippen molar-refractivity contribution in [3.8, 4) is 33.4 Å². The molecular weight excluding hydrogens is 546 g/mol. The van der Waals surface area contributed by atoms with Gasteiger partial charge in [-0.05, 0) is 107 Å². The minimum Gasteiger partial charge on any atom is -0.476 e. The lowest BCUT2D eigenvalue weighted by molar-refractivity contribution is 0.348. The van der Waals surface area contributed by atoms with Crippen molar-refractivity contribution in [2.45, 2.75) is 0 Å². The summed E-state index contributed by atoms with van der Waals surface area (Å²) in [6, 6.07) is 55.4. The number of nitrogens with zero attached hydrogens (tertiary/aromatic N) is 1. The fraction of sp³-hybridized carbons (Fsp3) is 0.0465. The number of fused-ring (bicyclic) bond motifs is 4. The third-order valence-corrected chi connectivity index (χ3v) is 9.13. The first kappa shape index (κ1) is 25.7. The Kier molecular flexibility index (Phi) is 5.99. The fourth-order valence-corrected chi connectivity index (χ4v) is 7.01. The van der Waals surface area contributed by atoms with Crippen LogP contribution in [0.4, 0.5) is 0 Å². The summed E-state index contributed by atoms with van der Waals surface area (Å²) >= 11 is 0. The molecule has 2 heteroatoms. The maximum absolute atomic E-state index is 5.81. The number of rotatable bonds is 4. The van der Waals surface area contributed by atoms with Crippen molar-refractivity contribution in [2.24, 2.45) is 4.99 Å². The van der Waals surface area contributed by atoms with Gasteiger partial charge >= 0.3 is 0 Å². The first-order chi connectivity index (χ1) is 22.3. The average molecular weight is 576 g/mol. The van der Waals surface area contributed by atoms with Gasteiger partial charge in [0, 0.05) is 5.56 Å². The molecule has 0 unspecified atom stereocenters. The second-order valence-corrected chi connectivity index (χ2v) is 11.8. The Bertz CT molecular complexity index is 2470. The van der Waals surface area contributed by atoms with Gasteiger partial charge in [-0.25, -0.2) is 4.99 Å². The largest absolute Gasteiger partial charge is 0.476 e. The molecule has 1 heterocycles. The van der Waals surface area contributed by atoms with Gasteiger partial charge < -0.3 is 4.74 Å². The third-order valence-electron chi connectivity index (χ3n) is 9.13. The van der Waals surface area contributed by atoms with Gasteiger partial charge in [0.1, 0.15) is 6.61 Å². The zero-order chi connectivity index (χ0) is 29.7. The summed E-state index contributed by atoms with van der Waals surface area (Å²) in [6.45, 7) is 1.37. The highest BCUT2D eigenvalue weighted by molar-refractivity contribution is 6.22.